The summed E-state index contributed by atoms with van der Waals surface area (Å²) in [7, 11) is 0. The van der Waals surface area contributed by atoms with Crippen molar-refractivity contribution < 1.29 is 4.74 Å². The van der Waals surface area contributed by atoms with Crippen LogP contribution in [0.25, 0.3) is 0 Å². The standard InChI is InChI=1S/C7H11N3OS/c1-2-6-9-10-7(12-6)11-5-3-8-4-5/h5,8H,2-4H2,1H3. The first-order valence-corrected chi connectivity index (χ1v) is 4.90. The van der Waals surface area contributed by atoms with Crippen molar-refractivity contribution in [2.75, 3.05) is 13.1 Å². The van der Waals surface area contributed by atoms with Gasteiger partial charge in [0.25, 0.3) is 5.19 Å². The van der Waals surface area contributed by atoms with Gasteiger partial charge in [0.2, 0.25) is 0 Å². The fraction of sp³-hybridized carbons (Fsp3) is 0.714. The van der Waals surface area contributed by atoms with Gasteiger partial charge in [-0.15, -0.1) is 10.2 Å². The number of ether oxygens (including phenoxy) is 1. The van der Waals surface area contributed by atoms with Crippen LogP contribution < -0.4 is 10.1 Å². The molecule has 1 saturated heterocycles. The molecule has 2 heterocycles. The van der Waals surface area contributed by atoms with Gasteiger partial charge in [0, 0.05) is 13.1 Å². The third kappa shape index (κ3) is 1.56. The minimum absolute atomic E-state index is 0.308. The number of hydrogen-bond acceptors (Lipinski definition) is 5. The van der Waals surface area contributed by atoms with Crippen molar-refractivity contribution in [1.82, 2.24) is 15.5 Å². The predicted octanol–water partition coefficient (Wildman–Crippen LogP) is 0.451. The number of rotatable bonds is 3. The number of aromatic nitrogens is 2. The summed E-state index contributed by atoms with van der Waals surface area (Å²) >= 11 is 1.54. The van der Waals surface area contributed by atoms with Crippen LogP contribution in [0.15, 0.2) is 0 Å². The Labute approximate surface area is 75.0 Å². The molecule has 12 heavy (non-hydrogen) atoms. The van der Waals surface area contributed by atoms with E-state index in [1.54, 1.807) is 0 Å². The molecule has 0 spiro atoms. The molecule has 1 N–H and O–H groups in total. The highest BCUT2D eigenvalue weighted by atomic mass is 32.1. The molecule has 0 aromatic carbocycles. The van der Waals surface area contributed by atoms with Crippen LogP contribution in [-0.2, 0) is 6.42 Å². The highest BCUT2D eigenvalue weighted by Gasteiger charge is 2.19. The number of nitrogens with one attached hydrogen (secondary N) is 1. The quantitative estimate of drug-likeness (QED) is 0.742. The molecule has 0 radical (unpaired) electrons. The normalized spacial score (nSPS) is 17.4. The molecule has 1 aliphatic heterocycles. The zero-order chi connectivity index (χ0) is 8.39. The van der Waals surface area contributed by atoms with Crippen LogP contribution in [0.2, 0.25) is 0 Å². The molecule has 1 fully saturated rings. The van der Waals surface area contributed by atoms with E-state index in [1.807, 2.05) is 0 Å². The molecule has 0 aliphatic carbocycles. The van der Waals surface area contributed by atoms with Crippen LogP contribution in [-0.4, -0.2) is 29.4 Å². The summed E-state index contributed by atoms with van der Waals surface area (Å²) in [6, 6.07) is 0. The molecule has 1 aromatic rings. The first kappa shape index (κ1) is 7.94. The SMILES string of the molecule is CCc1nnc(OC2CNC2)s1. The Kier molecular flexibility index (Phi) is 2.23. The maximum atomic E-state index is 5.52. The molecule has 0 saturated carbocycles. The third-order valence-corrected chi connectivity index (χ3v) is 2.72. The number of hydrogen-bond donors (Lipinski definition) is 1. The van der Waals surface area contributed by atoms with E-state index in [1.165, 1.54) is 11.3 Å². The summed E-state index contributed by atoms with van der Waals surface area (Å²) in [4.78, 5) is 0. The third-order valence-electron chi connectivity index (χ3n) is 1.76. The van der Waals surface area contributed by atoms with Crippen LogP contribution >= 0.6 is 11.3 Å². The summed E-state index contributed by atoms with van der Waals surface area (Å²) in [6.45, 7) is 3.93. The maximum absolute atomic E-state index is 5.52. The average molecular weight is 185 g/mol. The lowest BCUT2D eigenvalue weighted by molar-refractivity contribution is 0.140. The van der Waals surface area contributed by atoms with E-state index in [9.17, 15) is 0 Å². The van der Waals surface area contributed by atoms with E-state index < -0.39 is 0 Å². The minimum Gasteiger partial charge on any atom is -0.463 e. The lowest BCUT2D eigenvalue weighted by Gasteiger charge is -2.25. The molecule has 1 aliphatic rings. The van der Waals surface area contributed by atoms with E-state index in [2.05, 4.69) is 22.4 Å². The van der Waals surface area contributed by atoms with Gasteiger partial charge in [-0.3, -0.25) is 0 Å². The van der Waals surface area contributed by atoms with Crippen molar-refractivity contribution in [3.63, 3.8) is 0 Å². The zero-order valence-electron chi connectivity index (χ0n) is 6.91. The van der Waals surface area contributed by atoms with Crippen molar-refractivity contribution >= 4 is 11.3 Å². The van der Waals surface area contributed by atoms with E-state index >= 15 is 0 Å². The van der Waals surface area contributed by atoms with Crippen molar-refractivity contribution in [1.29, 1.82) is 0 Å². The van der Waals surface area contributed by atoms with Gasteiger partial charge in [-0.1, -0.05) is 18.3 Å². The second-order valence-electron chi connectivity index (χ2n) is 2.71. The van der Waals surface area contributed by atoms with Gasteiger partial charge in [0.1, 0.15) is 11.1 Å². The predicted molar refractivity (Wildman–Crippen MR) is 46.6 cm³/mol. The van der Waals surface area contributed by atoms with E-state index in [0.29, 0.717) is 11.3 Å². The minimum atomic E-state index is 0.308. The monoisotopic (exact) mass is 185 g/mol. The lowest BCUT2D eigenvalue weighted by Crippen LogP contribution is -2.50. The number of aryl methyl sites for hydroxylation is 1. The van der Waals surface area contributed by atoms with Gasteiger partial charge >= 0.3 is 0 Å². The molecule has 1 aromatic heterocycles. The molecule has 0 unspecified atom stereocenters. The van der Waals surface area contributed by atoms with Crippen LogP contribution in [0.3, 0.4) is 0 Å². The maximum Gasteiger partial charge on any atom is 0.294 e. The summed E-state index contributed by atoms with van der Waals surface area (Å²) < 4.78 is 5.52. The molecular formula is C7H11N3OS. The van der Waals surface area contributed by atoms with E-state index in [4.69, 9.17) is 4.74 Å². The Morgan fingerprint density at radius 2 is 2.42 bits per heavy atom. The summed E-state index contributed by atoms with van der Waals surface area (Å²) in [5.74, 6) is 0. The largest absolute Gasteiger partial charge is 0.463 e. The van der Waals surface area contributed by atoms with Crippen molar-refractivity contribution in [3.8, 4) is 5.19 Å². The fourth-order valence-electron chi connectivity index (χ4n) is 0.917. The Hall–Kier alpha value is -0.680. The molecule has 66 valence electrons. The van der Waals surface area contributed by atoms with E-state index in [0.717, 1.165) is 24.5 Å². The van der Waals surface area contributed by atoms with Crippen LogP contribution in [0.5, 0.6) is 5.19 Å². The molecule has 0 amide bonds. The fourth-order valence-corrected chi connectivity index (χ4v) is 1.61. The van der Waals surface area contributed by atoms with Crippen molar-refractivity contribution in [2.24, 2.45) is 0 Å². The smallest absolute Gasteiger partial charge is 0.294 e. The molecular weight excluding hydrogens is 174 g/mol. The summed E-state index contributed by atoms with van der Waals surface area (Å²) in [6.07, 6.45) is 1.24. The van der Waals surface area contributed by atoms with Gasteiger partial charge in [-0.25, -0.2) is 0 Å². The van der Waals surface area contributed by atoms with Crippen LogP contribution in [0.1, 0.15) is 11.9 Å². The summed E-state index contributed by atoms with van der Waals surface area (Å²) in [5, 5.41) is 12.8. The molecule has 0 atom stereocenters. The lowest BCUT2D eigenvalue weighted by atomic mass is 10.2. The Bertz CT molecular complexity index is 259. The molecule has 2 rings (SSSR count). The van der Waals surface area contributed by atoms with Crippen molar-refractivity contribution in [3.05, 3.63) is 5.01 Å². The van der Waals surface area contributed by atoms with Gasteiger partial charge in [0.05, 0.1) is 0 Å². The highest BCUT2D eigenvalue weighted by molar-refractivity contribution is 7.13. The average Bonchev–Trinajstić information content (AvgIpc) is 2.44. The van der Waals surface area contributed by atoms with Gasteiger partial charge in [-0.05, 0) is 6.42 Å². The Balaban J connectivity index is 1.93. The second-order valence-corrected chi connectivity index (χ2v) is 3.74. The first-order valence-electron chi connectivity index (χ1n) is 4.08. The Morgan fingerprint density at radius 1 is 1.58 bits per heavy atom. The van der Waals surface area contributed by atoms with Gasteiger partial charge in [-0.2, -0.15) is 0 Å². The summed E-state index contributed by atoms with van der Waals surface area (Å²) in [5.41, 5.74) is 0. The van der Waals surface area contributed by atoms with Gasteiger partial charge in [0.15, 0.2) is 0 Å². The zero-order valence-corrected chi connectivity index (χ0v) is 7.73. The Morgan fingerprint density at radius 3 is 2.92 bits per heavy atom. The van der Waals surface area contributed by atoms with E-state index in [-0.39, 0.29) is 0 Å². The second kappa shape index (κ2) is 3.37. The molecule has 4 nitrogen and oxygen atoms in total. The highest BCUT2D eigenvalue weighted by Crippen LogP contribution is 2.19. The first-order chi connectivity index (χ1) is 5.88. The van der Waals surface area contributed by atoms with Gasteiger partial charge < -0.3 is 10.1 Å². The van der Waals surface area contributed by atoms with Crippen LogP contribution in [0.4, 0.5) is 0 Å². The van der Waals surface area contributed by atoms with Crippen molar-refractivity contribution in [2.45, 2.75) is 19.4 Å². The topological polar surface area (TPSA) is 47.0 Å². The number of nitrogens with zero attached hydrogens (tertiary/aromatic N) is 2. The molecule has 0 bridgehead atoms. The van der Waals surface area contributed by atoms with Crippen LogP contribution in [0, 0.1) is 0 Å². The molecule has 5 heteroatoms.